The fraction of sp³-hybridized carbons (Fsp3) is 0.353. The molecule has 2 aliphatic heterocycles. The topological polar surface area (TPSA) is 46.6 Å². The quantitative estimate of drug-likeness (QED) is 0.808. The Hall–Kier alpha value is -1.86. The van der Waals surface area contributed by atoms with Gasteiger partial charge in [0.2, 0.25) is 12.7 Å². The van der Waals surface area contributed by atoms with Gasteiger partial charge in [0.25, 0.3) is 0 Å². The monoisotopic (exact) mass is 393 g/mol. The molecule has 1 fully saturated rings. The van der Waals surface area contributed by atoms with Crippen molar-refractivity contribution in [2.24, 2.45) is 0 Å². The molecule has 1 aromatic heterocycles. The number of nitrogens with one attached hydrogen (secondary N) is 1. The number of rotatable bonds is 4. The fourth-order valence-electron chi connectivity index (χ4n) is 3.07. The second-order valence-corrected chi connectivity index (χ2v) is 6.80. The maximum Gasteiger partial charge on any atom is 0.231 e. The minimum Gasteiger partial charge on any atom is -0.454 e. The van der Waals surface area contributed by atoms with Gasteiger partial charge in [0.1, 0.15) is 0 Å². The lowest BCUT2D eigenvalue weighted by Gasteiger charge is -2.19. The van der Waals surface area contributed by atoms with E-state index >= 15 is 0 Å². The van der Waals surface area contributed by atoms with Gasteiger partial charge in [0, 0.05) is 30.1 Å². The number of hydrogen-bond donors (Lipinski definition) is 1. The highest BCUT2D eigenvalue weighted by atomic mass is 79.9. The van der Waals surface area contributed by atoms with Gasteiger partial charge in [0.05, 0.1) is 11.9 Å². The van der Waals surface area contributed by atoms with E-state index in [1.54, 1.807) is 12.3 Å². The van der Waals surface area contributed by atoms with Crippen molar-refractivity contribution in [2.45, 2.75) is 19.0 Å². The number of fused-ring (bicyclic) bond motifs is 1. The molecule has 0 spiro atoms. The molecule has 0 amide bonds. The van der Waals surface area contributed by atoms with Gasteiger partial charge in [-0.1, -0.05) is 15.9 Å². The molecule has 2 aromatic rings. The van der Waals surface area contributed by atoms with Crippen molar-refractivity contribution in [1.82, 2.24) is 10.3 Å². The Morgan fingerprint density at radius 2 is 2.12 bits per heavy atom. The molecular formula is C17H17BrFN3O2. The fourth-order valence-corrected chi connectivity index (χ4v) is 3.53. The van der Waals surface area contributed by atoms with E-state index in [0.717, 1.165) is 53.3 Å². The number of halogens is 2. The molecule has 126 valence electrons. The van der Waals surface area contributed by atoms with Gasteiger partial charge in [-0.05, 0) is 36.2 Å². The van der Waals surface area contributed by atoms with E-state index in [2.05, 4.69) is 31.1 Å². The first-order valence-corrected chi connectivity index (χ1v) is 8.66. The van der Waals surface area contributed by atoms with Gasteiger partial charge in [-0.3, -0.25) is 0 Å². The van der Waals surface area contributed by atoms with Crippen LogP contribution in [0.1, 0.15) is 12.0 Å². The molecule has 0 saturated carbocycles. The van der Waals surface area contributed by atoms with Crippen LogP contribution in [-0.2, 0) is 6.54 Å². The lowest BCUT2D eigenvalue weighted by molar-refractivity contribution is 0.174. The molecule has 4 rings (SSSR count). The average Bonchev–Trinajstić information content (AvgIpc) is 3.22. The molecule has 5 nitrogen and oxygen atoms in total. The minimum atomic E-state index is -0.444. The van der Waals surface area contributed by atoms with Crippen molar-refractivity contribution in [2.75, 3.05) is 24.8 Å². The summed E-state index contributed by atoms with van der Waals surface area (Å²) in [7, 11) is 0. The van der Waals surface area contributed by atoms with Gasteiger partial charge >= 0.3 is 0 Å². The van der Waals surface area contributed by atoms with Crippen molar-refractivity contribution in [3.05, 3.63) is 46.4 Å². The van der Waals surface area contributed by atoms with Gasteiger partial charge in [0.15, 0.2) is 11.5 Å². The Morgan fingerprint density at radius 1 is 1.29 bits per heavy atom. The molecule has 2 aliphatic rings. The average molecular weight is 394 g/mol. The van der Waals surface area contributed by atoms with Crippen LogP contribution in [0.3, 0.4) is 0 Å². The van der Waals surface area contributed by atoms with E-state index in [0.29, 0.717) is 6.04 Å². The van der Waals surface area contributed by atoms with Gasteiger partial charge < -0.3 is 19.7 Å². The lowest BCUT2D eigenvalue weighted by atomic mass is 10.2. The predicted octanol–water partition coefficient (Wildman–Crippen LogP) is 3.08. The summed E-state index contributed by atoms with van der Waals surface area (Å²) < 4.78 is 24.7. The van der Waals surface area contributed by atoms with Crippen LogP contribution < -0.4 is 19.7 Å². The molecule has 0 radical (unpaired) electrons. The summed E-state index contributed by atoms with van der Waals surface area (Å²) in [6, 6.07) is 7.52. The number of aromatic nitrogens is 1. The molecule has 24 heavy (non-hydrogen) atoms. The Balaban J connectivity index is 1.36. The zero-order chi connectivity index (χ0) is 16.5. The van der Waals surface area contributed by atoms with Crippen LogP contribution in [0.25, 0.3) is 0 Å². The molecule has 0 bridgehead atoms. The highest BCUT2D eigenvalue weighted by molar-refractivity contribution is 9.10. The van der Waals surface area contributed by atoms with Gasteiger partial charge in [-0.15, -0.1) is 0 Å². The van der Waals surface area contributed by atoms with Crippen LogP contribution in [0.15, 0.2) is 34.9 Å². The third-order valence-electron chi connectivity index (χ3n) is 4.39. The zero-order valence-electron chi connectivity index (χ0n) is 13.0. The predicted molar refractivity (Wildman–Crippen MR) is 91.9 cm³/mol. The molecule has 1 N–H and O–H groups in total. The molecule has 1 aromatic carbocycles. The van der Waals surface area contributed by atoms with Crippen molar-refractivity contribution >= 4 is 21.6 Å². The number of anilines is 1. The highest BCUT2D eigenvalue weighted by Gasteiger charge is 2.23. The van der Waals surface area contributed by atoms with Crippen LogP contribution in [0.2, 0.25) is 0 Å². The molecule has 3 heterocycles. The SMILES string of the molecule is Fc1ccc(N2CCC(NCc3cc4c(cc3Br)OCO4)C2)cn1. The first-order valence-electron chi connectivity index (χ1n) is 7.87. The summed E-state index contributed by atoms with van der Waals surface area (Å²) in [5.41, 5.74) is 2.10. The third-order valence-corrected chi connectivity index (χ3v) is 5.13. The Kier molecular flexibility index (Phi) is 4.28. The van der Waals surface area contributed by atoms with E-state index in [1.165, 1.54) is 6.07 Å². The van der Waals surface area contributed by atoms with Crippen molar-refractivity contribution < 1.29 is 13.9 Å². The Labute approximate surface area is 147 Å². The maximum absolute atomic E-state index is 12.9. The Bertz CT molecular complexity index is 741. The smallest absolute Gasteiger partial charge is 0.231 e. The zero-order valence-corrected chi connectivity index (χ0v) is 14.6. The largest absolute Gasteiger partial charge is 0.454 e. The summed E-state index contributed by atoms with van der Waals surface area (Å²) in [6.07, 6.45) is 2.63. The minimum absolute atomic E-state index is 0.280. The van der Waals surface area contributed by atoms with Crippen LogP contribution >= 0.6 is 15.9 Å². The normalized spacial score (nSPS) is 19.1. The van der Waals surface area contributed by atoms with Crippen LogP contribution in [0, 0.1) is 5.95 Å². The summed E-state index contributed by atoms with van der Waals surface area (Å²) in [5.74, 6) is 1.13. The lowest BCUT2D eigenvalue weighted by Crippen LogP contribution is -2.32. The van der Waals surface area contributed by atoms with Crippen LogP contribution in [0.4, 0.5) is 10.1 Å². The number of pyridine rings is 1. The van der Waals surface area contributed by atoms with Crippen molar-refractivity contribution in [3.63, 3.8) is 0 Å². The van der Waals surface area contributed by atoms with Crippen LogP contribution in [-0.4, -0.2) is 30.9 Å². The molecule has 0 aliphatic carbocycles. The third kappa shape index (κ3) is 3.18. The van der Waals surface area contributed by atoms with Gasteiger partial charge in [-0.2, -0.15) is 4.39 Å². The van der Waals surface area contributed by atoms with Crippen molar-refractivity contribution in [3.8, 4) is 11.5 Å². The number of ether oxygens (including phenoxy) is 2. The van der Waals surface area contributed by atoms with Crippen molar-refractivity contribution in [1.29, 1.82) is 0 Å². The summed E-state index contributed by atoms with van der Waals surface area (Å²) in [4.78, 5) is 5.95. The maximum atomic E-state index is 12.9. The molecule has 1 saturated heterocycles. The summed E-state index contributed by atoms with van der Waals surface area (Å²) in [5, 5.41) is 3.58. The van der Waals surface area contributed by atoms with E-state index in [1.807, 2.05) is 12.1 Å². The Morgan fingerprint density at radius 3 is 2.92 bits per heavy atom. The molecule has 1 atom stereocenters. The van der Waals surface area contributed by atoms with E-state index in [-0.39, 0.29) is 6.79 Å². The van der Waals surface area contributed by atoms with E-state index in [4.69, 9.17) is 9.47 Å². The second kappa shape index (κ2) is 6.57. The standard InChI is InChI=1S/C17H17BrFN3O2/c18-14-6-16-15(23-10-24-16)5-11(14)7-20-12-3-4-22(9-12)13-1-2-17(19)21-8-13/h1-2,5-6,8,12,20H,3-4,7,9-10H2. The summed E-state index contributed by atoms with van der Waals surface area (Å²) >= 11 is 3.59. The first kappa shape index (κ1) is 15.7. The number of nitrogens with zero attached hydrogens (tertiary/aromatic N) is 2. The molecular weight excluding hydrogens is 377 g/mol. The highest BCUT2D eigenvalue weighted by Crippen LogP contribution is 2.37. The number of hydrogen-bond acceptors (Lipinski definition) is 5. The first-order chi connectivity index (χ1) is 11.7. The molecule has 7 heteroatoms. The van der Waals surface area contributed by atoms with E-state index < -0.39 is 5.95 Å². The van der Waals surface area contributed by atoms with E-state index in [9.17, 15) is 4.39 Å². The second-order valence-electron chi connectivity index (χ2n) is 5.95. The van der Waals surface area contributed by atoms with Crippen LogP contribution in [0.5, 0.6) is 11.5 Å². The number of benzene rings is 1. The molecule has 1 unspecified atom stereocenters. The van der Waals surface area contributed by atoms with Gasteiger partial charge in [-0.25, -0.2) is 4.98 Å². The summed E-state index contributed by atoms with van der Waals surface area (Å²) in [6.45, 7) is 2.85.